The van der Waals surface area contributed by atoms with Crippen molar-refractivity contribution in [3.05, 3.63) is 34.9 Å². The number of carbonyl (C=O) groups is 3. The van der Waals surface area contributed by atoms with Crippen LogP contribution in [0.4, 0.5) is 4.79 Å². The molecule has 4 aliphatic heterocycles. The van der Waals surface area contributed by atoms with Gasteiger partial charge in [-0.25, -0.2) is 4.79 Å². The molecule has 0 unspecified atom stereocenters. The SMILES string of the molecule is CC[C@@H]1OC(=O)[C@H](C)[C@@H](O[C@@H]2C[C@](C)(OC)[C@H](O)[C@@H](C)O2)[C@H](C)[C@@H](O[C@H]2O[C@@H](C)C[C@@H](N(C(C)C)C3CCC3)[C@@H]2O)[C@@](C)(OC)C[C@@H](C)C(=O)[C@@H](C)[C@H]2N(CCc3ccc(Cl)cc3)C(=O)O[C@]12C. The molecule has 4 heterocycles. The summed E-state index contributed by atoms with van der Waals surface area (Å²) >= 11 is 6.19. The van der Waals surface area contributed by atoms with E-state index in [2.05, 4.69) is 18.7 Å². The largest absolute Gasteiger partial charge is 0.458 e. The number of aliphatic hydroxyl groups excluding tert-OH is 2. The molecule has 0 spiro atoms. The van der Waals surface area contributed by atoms with Crippen LogP contribution in [0.15, 0.2) is 24.3 Å². The highest BCUT2D eigenvalue weighted by Gasteiger charge is 2.61. The van der Waals surface area contributed by atoms with Crippen LogP contribution in [0.5, 0.6) is 0 Å². The molecular formula is C52H83ClN2O13. The zero-order valence-electron chi connectivity index (χ0n) is 43.1. The van der Waals surface area contributed by atoms with E-state index in [-0.39, 0.29) is 49.8 Å². The van der Waals surface area contributed by atoms with Gasteiger partial charge >= 0.3 is 12.1 Å². The number of esters is 1. The van der Waals surface area contributed by atoms with E-state index < -0.39 is 108 Å². The van der Waals surface area contributed by atoms with Gasteiger partial charge in [-0.05, 0) is 112 Å². The van der Waals surface area contributed by atoms with E-state index in [1.165, 1.54) is 7.11 Å². The van der Waals surface area contributed by atoms with Crippen molar-refractivity contribution in [1.82, 2.24) is 9.80 Å². The van der Waals surface area contributed by atoms with E-state index in [1.54, 1.807) is 51.8 Å². The molecule has 1 aliphatic carbocycles. The molecule has 0 aromatic heterocycles. The molecule has 386 valence electrons. The van der Waals surface area contributed by atoms with Crippen LogP contribution in [0, 0.1) is 23.7 Å². The fraction of sp³-hybridized carbons (Fsp3) is 0.827. The minimum atomic E-state index is -1.43. The lowest BCUT2D eigenvalue weighted by molar-refractivity contribution is -0.321. The first-order chi connectivity index (χ1) is 31.9. The van der Waals surface area contributed by atoms with Gasteiger partial charge in [0.2, 0.25) is 0 Å². The van der Waals surface area contributed by atoms with Crippen molar-refractivity contribution in [2.75, 3.05) is 20.8 Å². The Kier molecular flexibility index (Phi) is 17.9. The summed E-state index contributed by atoms with van der Waals surface area (Å²) in [5, 5.41) is 24.2. The molecule has 68 heavy (non-hydrogen) atoms. The number of nitrogens with zero attached hydrogens (tertiary/aromatic N) is 2. The van der Waals surface area contributed by atoms with Gasteiger partial charge in [-0.3, -0.25) is 19.4 Å². The Morgan fingerprint density at radius 3 is 2.12 bits per heavy atom. The number of aliphatic hydroxyl groups is 2. The van der Waals surface area contributed by atoms with Gasteiger partial charge in [0.15, 0.2) is 18.2 Å². The number of amides is 1. The molecule has 5 aliphatic rings. The number of methoxy groups -OCH3 is 2. The van der Waals surface area contributed by atoms with Gasteiger partial charge in [0, 0.05) is 68.1 Å². The molecule has 5 fully saturated rings. The van der Waals surface area contributed by atoms with Crippen molar-refractivity contribution >= 4 is 29.4 Å². The van der Waals surface area contributed by atoms with E-state index in [0.29, 0.717) is 23.9 Å². The molecule has 2 N–H and O–H groups in total. The topological polar surface area (TPSA) is 172 Å². The lowest BCUT2D eigenvalue weighted by atomic mass is 9.73. The fourth-order valence-electron chi connectivity index (χ4n) is 12.3. The molecule has 16 heteroatoms. The first-order valence-electron chi connectivity index (χ1n) is 25.3. The number of carbonyl (C=O) groups excluding carboxylic acids is 3. The smallest absolute Gasteiger partial charge is 0.410 e. The highest BCUT2D eigenvalue weighted by Crippen LogP contribution is 2.45. The van der Waals surface area contributed by atoms with Crippen molar-refractivity contribution in [1.29, 1.82) is 0 Å². The molecule has 15 nitrogen and oxygen atoms in total. The Morgan fingerprint density at radius 2 is 1.54 bits per heavy atom. The maximum absolute atomic E-state index is 15.1. The summed E-state index contributed by atoms with van der Waals surface area (Å²) in [5.74, 6) is -3.91. The van der Waals surface area contributed by atoms with Gasteiger partial charge in [-0.15, -0.1) is 0 Å². The van der Waals surface area contributed by atoms with Gasteiger partial charge in [-0.1, -0.05) is 57.8 Å². The number of benzene rings is 1. The second-order valence-electron chi connectivity index (χ2n) is 21.7. The molecule has 1 saturated carbocycles. The van der Waals surface area contributed by atoms with E-state index in [4.69, 9.17) is 49.5 Å². The predicted octanol–water partition coefficient (Wildman–Crippen LogP) is 7.50. The average molecular weight is 980 g/mol. The molecule has 1 amide bonds. The zero-order valence-corrected chi connectivity index (χ0v) is 43.9. The van der Waals surface area contributed by atoms with Gasteiger partial charge in [0.05, 0.1) is 47.6 Å². The summed E-state index contributed by atoms with van der Waals surface area (Å²) in [6.07, 6.45) is -3.70. The number of halogens is 1. The molecular weight excluding hydrogens is 896 g/mol. The van der Waals surface area contributed by atoms with E-state index in [1.807, 2.05) is 53.7 Å². The van der Waals surface area contributed by atoms with Gasteiger partial charge < -0.3 is 48.1 Å². The normalized spacial score (nSPS) is 42.4. The lowest BCUT2D eigenvalue weighted by Crippen LogP contribution is -2.64. The Balaban J connectivity index is 1.44. The van der Waals surface area contributed by atoms with Gasteiger partial charge in [-0.2, -0.15) is 0 Å². The van der Waals surface area contributed by atoms with Crippen LogP contribution in [0.3, 0.4) is 0 Å². The summed E-state index contributed by atoms with van der Waals surface area (Å²) in [7, 11) is 3.10. The van der Waals surface area contributed by atoms with Crippen molar-refractivity contribution < 1.29 is 62.5 Å². The second-order valence-corrected chi connectivity index (χ2v) is 22.1. The van der Waals surface area contributed by atoms with E-state index in [9.17, 15) is 15.0 Å². The first-order valence-corrected chi connectivity index (χ1v) is 25.6. The van der Waals surface area contributed by atoms with Gasteiger partial charge in [0.1, 0.15) is 24.1 Å². The minimum absolute atomic E-state index is 0.130. The Hall–Kier alpha value is -2.44. The second kappa shape index (κ2) is 22.1. The first kappa shape index (κ1) is 54.9. The average Bonchev–Trinajstić information content (AvgIpc) is 3.54. The number of ketones is 1. The fourth-order valence-corrected chi connectivity index (χ4v) is 12.4. The minimum Gasteiger partial charge on any atom is -0.458 e. The molecule has 4 saturated heterocycles. The summed E-state index contributed by atoms with van der Waals surface area (Å²) in [6, 6.07) is 6.82. The Labute approximate surface area is 410 Å². The Morgan fingerprint density at radius 1 is 0.897 bits per heavy atom. The van der Waals surface area contributed by atoms with E-state index >= 15 is 9.59 Å². The number of hydrogen-bond donors (Lipinski definition) is 2. The van der Waals surface area contributed by atoms with Crippen LogP contribution in [-0.4, -0.2) is 155 Å². The summed E-state index contributed by atoms with van der Waals surface area (Å²) in [5.41, 5.74) is -2.79. The van der Waals surface area contributed by atoms with Crippen LogP contribution < -0.4 is 0 Å². The third-order valence-electron chi connectivity index (χ3n) is 16.5. The number of rotatable bonds is 13. The number of ether oxygens (including phenoxy) is 8. The van der Waals surface area contributed by atoms with Crippen LogP contribution in [0.1, 0.15) is 134 Å². The Bertz CT molecular complexity index is 1870. The highest BCUT2D eigenvalue weighted by molar-refractivity contribution is 6.30. The summed E-state index contributed by atoms with van der Waals surface area (Å²) < 4.78 is 52.3. The van der Waals surface area contributed by atoms with Crippen molar-refractivity contribution in [2.24, 2.45) is 23.7 Å². The molecule has 1 aromatic rings. The van der Waals surface area contributed by atoms with Crippen LogP contribution in [0.2, 0.25) is 5.02 Å². The van der Waals surface area contributed by atoms with Crippen LogP contribution in [0.25, 0.3) is 0 Å². The molecule has 1 aromatic carbocycles. The maximum atomic E-state index is 15.1. The molecule has 0 radical (unpaired) electrons. The maximum Gasteiger partial charge on any atom is 0.410 e. The third-order valence-corrected chi connectivity index (χ3v) is 16.7. The molecule has 6 rings (SSSR count). The zero-order chi connectivity index (χ0) is 50.2. The van der Waals surface area contributed by atoms with Gasteiger partial charge in [0.25, 0.3) is 0 Å². The standard InChI is InChI=1S/C52H83ClN2O13/c1-15-39-52(12)44(54(49(60)68-52)24-23-35-19-21-36(53)22-20-35)31(6)41(56)29(4)26-51(11,62-14)46(67-48-42(57)38(25-30(5)63-48)55(28(2)3)37-17-16-18-37)32(7)43(33(8)47(59)65-39)66-40-27-50(10,61-13)45(58)34(9)64-40/h19-22,28-34,37-40,42-46,48,57-58H,15-18,23-27H2,1-14H3/t29-,30+,31-,32+,33-,34-,38-,39+,40-,42+,43+,44-,45-,46-,48-,50+,51+,52-/m1/s1. The summed E-state index contributed by atoms with van der Waals surface area (Å²) in [6.45, 7) is 22.9. The van der Waals surface area contributed by atoms with Crippen molar-refractivity contribution in [2.45, 2.75) is 231 Å². The quantitative estimate of drug-likeness (QED) is 0.186. The predicted molar refractivity (Wildman–Crippen MR) is 256 cm³/mol. The monoisotopic (exact) mass is 979 g/mol. The number of Topliss-reactive ketones (excluding diaryl/α,β-unsaturated/α-hetero) is 1. The highest BCUT2D eigenvalue weighted by atomic mass is 35.5. The van der Waals surface area contributed by atoms with Crippen LogP contribution >= 0.6 is 11.6 Å². The lowest BCUT2D eigenvalue weighted by Gasteiger charge is -2.52. The molecule has 0 bridgehead atoms. The van der Waals surface area contributed by atoms with Crippen LogP contribution in [-0.2, 0) is 53.9 Å². The third kappa shape index (κ3) is 11.1. The number of fused-ring (bicyclic) bond motifs is 1. The molecule has 18 atom stereocenters. The van der Waals surface area contributed by atoms with Crippen molar-refractivity contribution in [3.63, 3.8) is 0 Å². The number of cyclic esters (lactones) is 1. The van der Waals surface area contributed by atoms with Crippen molar-refractivity contribution in [3.8, 4) is 0 Å². The number of hydrogen-bond acceptors (Lipinski definition) is 14. The van der Waals surface area contributed by atoms with E-state index in [0.717, 1.165) is 24.8 Å². The summed E-state index contributed by atoms with van der Waals surface area (Å²) in [4.78, 5) is 48.3.